The highest BCUT2D eigenvalue weighted by molar-refractivity contribution is 5.95. The Labute approximate surface area is 263 Å². The summed E-state index contributed by atoms with van der Waals surface area (Å²) in [6.07, 6.45) is 4.18. The first kappa shape index (κ1) is 33.2. The Balaban J connectivity index is 1.59. The number of carboxylic acids is 1. The lowest BCUT2D eigenvalue weighted by molar-refractivity contribution is -0.142. The van der Waals surface area contributed by atoms with Crippen molar-refractivity contribution in [3.63, 3.8) is 0 Å². The number of amides is 4. The van der Waals surface area contributed by atoms with E-state index < -0.39 is 53.8 Å². The van der Waals surface area contributed by atoms with Gasteiger partial charge in [-0.2, -0.15) is 0 Å². The Kier molecular flexibility index (Phi) is 11.1. The first-order chi connectivity index (χ1) is 22.0. The standard InChI is InChI=1S/C31H36N8O7/c32-22(13-19-15-34-16-36-19)28(42)38-25(11-17-5-7-20(40)8-6-17)29(43)39-26(12-18-14-35-23-4-2-1-3-21(18)23)30(44)37-24(31(45)46)9-10-27(33)41/h1-8,14-16,22,24-26,35,40H,9-13,32H2,(H2,33,41)(H,34,36)(H,37,44)(H,38,42)(H,39,43)(H,45,46). The van der Waals surface area contributed by atoms with Crippen LogP contribution in [0.5, 0.6) is 5.75 Å². The zero-order valence-corrected chi connectivity index (χ0v) is 24.7. The predicted molar refractivity (Wildman–Crippen MR) is 166 cm³/mol. The van der Waals surface area contributed by atoms with E-state index in [1.54, 1.807) is 18.3 Å². The highest BCUT2D eigenvalue weighted by Gasteiger charge is 2.31. The number of phenolic OH excluding ortho intramolecular Hbond substituents is 1. The van der Waals surface area contributed by atoms with E-state index >= 15 is 0 Å². The number of aromatic nitrogens is 3. The number of phenols is 1. The molecule has 0 radical (unpaired) electrons. The number of imidazole rings is 1. The number of benzene rings is 2. The maximum atomic E-state index is 13.8. The number of hydrogen-bond donors (Lipinski definition) is 9. The van der Waals surface area contributed by atoms with E-state index in [9.17, 15) is 34.2 Å². The molecule has 4 unspecified atom stereocenters. The van der Waals surface area contributed by atoms with Crippen LogP contribution in [-0.2, 0) is 43.2 Å². The van der Waals surface area contributed by atoms with Crippen LogP contribution in [0, 0.1) is 0 Å². The lowest BCUT2D eigenvalue weighted by atomic mass is 10.0. The third-order valence-corrected chi connectivity index (χ3v) is 7.37. The summed E-state index contributed by atoms with van der Waals surface area (Å²) in [7, 11) is 0. The molecule has 2 heterocycles. The molecule has 2 aromatic heterocycles. The second-order valence-corrected chi connectivity index (χ2v) is 10.8. The first-order valence-electron chi connectivity index (χ1n) is 14.5. The molecule has 0 spiro atoms. The van der Waals surface area contributed by atoms with Crippen LogP contribution in [0.1, 0.15) is 29.7 Å². The van der Waals surface area contributed by atoms with Crippen molar-refractivity contribution >= 4 is 40.5 Å². The molecule has 0 aliphatic rings. The number of aromatic hydroxyl groups is 1. The van der Waals surface area contributed by atoms with Gasteiger partial charge in [0.05, 0.1) is 12.4 Å². The SMILES string of the molecule is NC(=O)CCC(NC(=O)C(Cc1c[nH]c2ccccc12)NC(=O)C(Cc1ccc(O)cc1)NC(=O)C(N)Cc1cnc[nH]1)C(=O)O. The second-order valence-electron chi connectivity index (χ2n) is 10.8. The van der Waals surface area contributed by atoms with Crippen LogP contribution in [0.2, 0.25) is 0 Å². The van der Waals surface area contributed by atoms with Crippen LogP contribution in [0.4, 0.5) is 0 Å². The van der Waals surface area contributed by atoms with Crippen LogP contribution < -0.4 is 27.4 Å². The topological polar surface area (TPSA) is 258 Å². The number of primary amides is 1. The Hall–Kier alpha value is -5.70. The van der Waals surface area contributed by atoms with Crippen molar-refractivity contribution in [2.24, 2.45) is 11.5 Å². The fraction of sp³-hybridized carbons (Fsp3) is 0.290. The van der Waals surface area contributed by atoms with Gasteiger partial charge in [-0.1, -0.05) is 30.3 Å². The quantitative estimate of drug-likeness (QED) is 0.0788. The predicted octanol–water partition coefficient (Wildman–Crippen LogP) is -0.244. The van der Waals surface area contributed by atoms with Gasteiger partial charge in [-0.05, 0) is 35.7 Å². The van der Waals surface area contributed by atoms with Crippen molar-refractivity contribution in [2.75, 3.05) is 0 Å². The number of carboxylic acid groups (broad SMARTS) is 1. The summed E-state index contributed by atoms with van der Waals surface area (Å²) < 4.78 is 0. The Morgan fingerprint density at radius 2 is 1.48 bits per heavy atom. The van der Waals surface area contributed by atoms with E-state index in [4.69, 9.17) is 11.5 Å². The zero-order valence-electron chi connectivity index (χ0n) is 24.7. The molecule has 0 aliphatic carbocycles. The maximum absolute atomic E-state index is 13.8. The number of aliphatic carboxylic acids is 1. The average Bonchev–Trinajstić information content (AvgIpc) is 3.69. The molecule has 0 saturated heterocycles. The minimum Gasteiger partial charge on any atom is -0.508 e. The number of carbonyl (C=O) groups is 5. The zero-order chi connectivity index (χ0) is 33.2. The average molecular weight is 633 g/mol. The molecule has 0 bridgehead atoms. The minimum atomic E-state index is -1.45. The highest BCUT2D eigenvalue weighted by atomic mass is 16.4. The van der Waals surface area contributed by atoms with Gasteiger partial charge < -0.3 is 47.6 Å². The number of rotatable bonds is 16. The minimum absolute atomic E-state index is 0.00940. The van der Waals surface area contributed by atoms with E-state index in [1.165, 1.54) is 24.7 Å². The molecule has 4 aromatic rings. The molecule has 4 rings (SSSR count). The maximum Gasteiger partial charge on any atom is 0.326 e. The lowest BCUT2D eigenvalue weighted by Gasteiger charge is -2.25. The smallest absolute Gasteiger partial charge is 0.326 e. The number of H-pyrrole nitrogens is 2. The summed E-state index contributed by atoms with van der Waals surface area (Å²) in [5.74, 6) is -4.29. The molecular formula is C31H36N8O7. The fourth-order valence-electron chi connectivity index (χ4n) is 4.90. The highest BCUT2D eigenvalue weighted by Crippen LogP contribution is 2.20. The number of nitrogens with one attached hydrogen (secondary N) is 5. The molecule has 15 heteroatoms. The normalized spacial score (nSPS) is 13.7. The number of aromatic amines is 2. The molecule has 4 atom stereocenters. The van der Waals surface area contributed by atoms with Gasteiger partial charge in [0.15, 0.2) is 0 Å². The molecule has 242 valence electrons. The number of nitrogens with two attached hydrogens (primary N) is 2. The van der Waals surface area contributed by atoms with Crippen LogP contribution in [-0.4, -0.2) is 78.9 Å². The molecule has 0 fully saturated rings. The summed E-state index contributed by atoms with van der Waals surface area (Å²) in [5, 5.41) is 27.9. The van der Waals surface area contributed by atoms with Crippen LogP contribution in [0.15, 0.2) is 67.3 Å². The molecule has 4 amide bonds. The summed E-state index contributed by atoms with van der Waals surface area (Å²) in [4.78, 5) is 73.6. The van der Waals surface area contributed by atoms with Crippen molar-refractivity contribution in [3.8, 4) is 5.75 Å². The third-order valence-electron chi connectivity index (χ3n) is 7.37. The molecule has 46 heavy (non-hydrogen) atoms. The number of para-hydroxylation sites is 1. The largest absolute Gasteiger partial charge is 0.508 e. The molecule has 0 saturated carbocycles. The Morgan fingerprint density at radius 3 is 2.13 bits per heavy atom. The van der Waals surface area contributed by atoms with Crippen molar-refractivity contribution in [2.45, 2.75) is 56.3 Å². The lowest BCUT2D eigenvalue weighted by Crippen LogP contribution is -2.58. The van der Waals surface area contributed by atoms with Gasteiger partial charge in [0.2, 0.25) is 23.6 Å². The summed E-state index contributed by atoms with van der Waals surface area (Å²) in [5.41, 5.74) is 14.0. The van der Waals surface area contributed by atoms with E-state index in [0.717, 1.165) is 10.9 Å². The molecular weight excluding hydrogens is 596 g/mol. The number of carbonyl (C=O) groups excluding carboxylic acids is 4. The van der Waals surface area contributed by atoms with Crippen LogP contribution in [0.3, 0.4) is 0 Å². The van der Waals surface area contributed by atoms with Crippen molar-refractivity contribution < 1.29 is 34.2 Å². The van der Waals surface area contributed by atoms with Crippen LogP contribution in [0.25, 0.3) is 10.9 Å². The van der Waals surface area contributed by atoms with Gasteiger partial charge in [0.1, 0.15) is 23.9 Å². The van der Waals surface area contributed by atoms with Gasteiger partial charge in [0.25, 0.3) is 0 Å². The van der Waals surface area contributed by atoms with E-state index in [2.05, 4.69) is 30.9 Å². The van der Waals surface area contributed by atoms with Crippen molar-refractivity contribution in [3.05, 3.63) is 84.1 Å². The van der Waals surface area contributed by atoms with Crippen LogP contribution >= 0.6 is 0 Å². The van der Waals surface area contributed by atoms with E-state index in [1.807, 2.05) is 24.3 Å². The Morgan fingerprint density at radius 1 is 0.826 bits per heavy atom. The van der Waals surface area contributed by atoms with Gasteiger partial charge in [-0.25, -0.2) is 9.78 Å². The first-order valence-corrected chi connectivity index (χ1v) is 14.5. The van der Waals surface area contributed by atoms with Gasteiger partial charge in [0, 0.05) is 54.7 Å². The molecule has 0 aliphatic heterocycles. The van der Waals surface area contributed by atoms with E-state index in [0.29, 0.717) is 16.8 Å². The van der Waals surface area contributed by atoms with Crippen molar-refractivity contribution in [1.82, 2.24) is 30.9 Å². The monoisotopic (exact) mass is 632 g/mol. The molecule has 15 nitrogen and oxygen atoms in total. The molecule has 11 N–H and O–H groups in total. The third kappa shape index (κ3) is 9.15. The van der Waals surface area contributed by atoms with Gasteiger partial charge in [-0.3, -0.25) is 19.2 Å². The number of nitrogens with zero attached hydrogens (tertiary/aromatic N) is 1. The summed E-state index contributed by atoms with van der Waals surface area (Å²) in [6.45, 7) is 0. The molecule has 2 aromatic carbocycles. The number of hydrogen-bond acceptors (Lipinski definition) is 8. The van der Waals surface area contributed by atoms with E-state index in [-0.39, 0.29) is 37.9 Å². The number of fused-ring (bicyclic) bond motifs is 1. The van der Waals surface area contributed by atoms with Gasteiger partial charge >= 0.3 is 5.97 Å². The van der Waals surface area contributed by atoms with Gasteiger partial charge in [-0.15, -0.1) is 0 Å². The summed E-state index contributed by atoms with van der Waals surface area (Å²) in [6, 6.07) is 8.35. The summed E-state index contributed by atoms with van der Waals surface area (Å²) >= 11 is 0. The fourth-order valence-corrected chi connectivity index (χ4v) is 4.90. The second kappa shape index (κ2) is 15.3. The Bertz CT molecular complexity index is 1670. The van der Waals surface area contributed by atoms with Crippen molar-refractivity contribution in [1.29, 1.82) is 0 Å².